The van der Waals surface area contributed by atoms with Crippen LogP contribution in [0.1, 0.15) is 30.9 Å². The number of nitrogens with zero attached hydrogens (tertiary/aromatic N) is 3. The number of fused-ring (bicyclic) bond motifs is 1. The molecule has 1 saturated heterocycles. The topological polar surface area (TPSA) is 55.2 Å². The van der Waals surface area contributed by atoms with E-state index in [1.807, 2.05) is 55.1 Å². The minimum Gasteiger partial charge on any atom is -0.342 e. The van der Waals surface area contributed by atoms with E-state index in [2.05, 4.69) is 6.92 Å². The number of piperidine rings is 1. The van der Waals surface area contributed by atoms with Crippen molar-refractivity contribution >= 4 is 28.6 Å². The molecule has 2 aromatic carbocycles. The molecule has 0 unspecified atom stereocenters. The third-order valence-corrected chi connectivity index (χ3v) is 6.88. The van der Waals surface area contributed by atoms with E-state index in [1.165, 1.54) is 17.3 Å². The van der Waals surface area contributed by atoms with Gasteiger partial charge in [-0.05, 0) is 68.0 Å². The zero-order chi connectivity index (χ0) is 21.3. The van der Waals surface area contributed by atoms with E-state index >= 15 is 0 Å². The van der Waals surface area contributed by atoms with Crippen molar-refractivity contribution in [1.82, 2.24) is 14.5 Å². The molecule has 0 saturated carbocycles. The minimum absolute atomic E-state index is 0.106. The molecule has 0 spiro atoms. The van der Waals surface area contributed by atoms with Crippen LogP contribution >= 0.6 is 11.8 Å². The lowest BCUT2D eigenvalue weighted by molar-refractivity contribution is -0.129. The van der Waals surface area contributed by atoms with E-state index < -0.39 is 0 Å². The number of aryl methyl sites for hydroxylation is 2. The average molecular weight is 422 g/mol. The molecule has 2 heterocycles. The first-order chi connectivity index (χ1) is 14.4. The van der Waals surface area contributed by atoms with Crippen LogP contribution in [0.5, 0.6) is 0 Å². The summed E-state index contributed by atoms with van der Waals surface area (Å²) in [7, 11) is 0. The fourth-order valence-corrected chi connectivity index (χ4v) is 4.69. The maximum absolute atomic E-state index is 13.3. The van der Waals surface area contributed by atoms with Gasteiger partial charge in [0.25, 0.3) is 5.56 Å². The Morgan fingerprint density at radius 1 is 1.10 bits per heavy atom. The Bertz CT molecular complexity index is 1150. The van der Waals surface area contributed by atoms with Gasteiger partial charge >= 0.3 is 0 Å². The predicted molar refractivity (Wildman–Crippen MR) is 123 cm³/mol. The van der Waals surface area contributed by atoms with Crippen LogP contribution in [0.3, 0.4) is 0 Å². The summed E-state index contributed by atoms with van der Waals surface area (Å²) in [5.74, 6) is 1.07. The highest BCUT2D eigenvalue weighted by Crippen LogP contribution is 2.24. The Labute approximate surface area is 181 Å². The molecule has 1 fully saturated rings. The molecule has 3 aromatic rings. The number of carbonyl (C=O) groups is 1. The van der Waals surface area contributed by atoms with Crippen LogP contribution in [-0.2, 0) is 4.79 Å². The highest BCUT2D eigenvalue weighted by Gasteiger charge is 2.21. The second-order valence-electron chi connectivity index (χ2n) is 8.17. The number of aromatic nitrogens is 2. The molecule has 5 nitrogen and oxygen atoms in total. The van der Waals surface area contributed by atoms with Crippen molar-refractivity contribution in [3.63, 3.8) is 0 Å². The van der Waals surface area contributed by atoms with Gasteiger partial charge in [-0.1, -0.05) is 36.9 Å². The molecule has 156 valence electrons. The molecule has 1 aromatic heterocycles. The van der Waals surface area contributed by atoms with Crippen molar-refractivity contribution < 1.29 is 4.79 Å². The molecule has 1 aliphatic rings. The van der Waals surface area contributed by atoms with Gasteiger partial charge in [0, 0.05) is 13.1 Å². The second-order valence-corrected chi connectivity index (χ2v) is 9.12. The largest absolute Gasteiger partial charge is 0.342 e. The van der Waals surface area contributed by atoms with Crippen LogP contribution in [0.4, 0.5) is 0 Å². The van der Waals surface area contributed by atoms with Crippen LogP contribution < -0.4 is 5.56 Å². The molecule has 30 heavy (non-hydrogen) atoms. The summed E-state index contributed by atoms with van der Waals surface area (Å²) in [5.41, 5.74) is 3.62. The van der Waals surface area contributed by atoms with Crippen molar-refractivity contribution in [1.29, 1.82) is 0 Å². The maximum Gasteiger partial charge on any atom is 0.266 e. The van der Waals surface area contributed by atoms with Gasteiger partial charge in [-0.2, -0.15) is 0 Å². The number of amides is 1. The molecular weight excluding hydrogens is 394 g/mol. The van der Waals surface area contributed by atoms with Crippen LogP contribution in [0, 0.1) is 19.8 Å². The zero-order valence-electron chi connectivity index (χ0n) is 17.7. The predicted octanol–water partition coefficient (Wildman–Crippen LogP) is 4.35. The van der Waals surface area contributed by atoms with Crippen molar-refractivity contribution in [3.8, 4) is 5.69 Å². The summed E-state index contributed by atoms with van der Waals surface area (Å²) in [6, 6.07) is 13.3. The van der Waals surface area contributed by atoms with Gasteiger partial charge < -0.3 is 4.90 Å². The van der Waals surface area contributed by atoms with E-state index in [-0.39, 0.29) is 17.2 Å². The van der Waals surface area contributed by atoms with Crippen LogP contribution in [0.25, 0.3) is 16.6 Å². The van der Waals surface area contributed by atoms with Crippen molar-refractivity contribution in [3.05, 3.63) is 63.9 Å². The fourth-order valence-electron chi connectivity index (χ4n) is 3.78. The molecule has 1 amide bonds. The molecule has 0 N–H and O–H groups in total. The quantitative estimate of drug-likeness (QED) is 0.464. The number of para-hydroxylation sites is 1. The maximum atomic E-state index is 13.3. The first kappa shape index (κ1) is 20.7. The summed E-state index contributed by atoms with van der Waals surface area (Å²) in [5, 5.41) is 1.14. The van der Waals surface area contributed by atoms with E-state index in [0.29, 0.717) is 22.0 Å². The first-order valence-electron chi connectivity index (χ1n) is 10.4. The van der Waals surface area contributed by atoms with Gasteiger partial charge in [0.05, 0.1) is 22.3 Å². The first-order valence-corrected chi connectivity index (χ1v) is 11.4. The molecule has 0 aliphatic carbocycles. The third kappa shape index (κ3) is 4.15. The second kappa shape index (κ2) is 8.64. The van der Waals surface area contributed by atoms with Gasteiger partial charge in [-0.25, -0.2) is 4.98 Å². The summed E-state index contributed by atoms with van der Waals surface area (Å²) < 4.78 is 1.64. The number of carbonyl (C=O) groups excluding carboxylic acids is 1. The Hall–Kier alpha value is -2.60. The number of likely N-dealkylation sites (tertiary alicyclic amines) is 1. The smallest absolute Gasteiger partial charge is 0.266 e. The normalized spacial score (nSPS) is 15.0. The van der Waals surface area contributed by atoms with E-state index in [4.69, 9.17) is 4.98 Å². The third-order valence-electron chi connectivity index (χ3n) is 5.95. The van der Waals surface area contributed by atoms with E-state index in [1.54, 1.807) is 10.6 Å². The molecule has 6 heteroatoms. The summed E-state index contributed by atoms with van der Waals surface area (Å²) >= 11 is 1.34. The molecule has 0 radical (unpaired) electrons. The summed E-state index contributed by atoms with van der Waals surface area (Å²) in [4.78, 5) is 32.8. The number of hydrogen-bond donors (Lipinski definition) is 0. The Balaban J connectivity index is 1.70. The van der Waals surface area contributed by atoms with Crippen molar-refractivity contribution in [2.75, 3.05) is 18.8 Å². The summed E-state index contributed by atoms with van der Waals surface area (Å²) in [6.07, 6.45) is 2.11. The summed E-state index contributed by atoms with van der Waals surface area (Å²) in [6.45, 7) is 7.95. The van der Waals surface area contributed by atoms with Gasteiger partial charge in [0.15, 0.2) is 5.16 Å². The molecule has 0 atom stereocenters. The lowest BCUT2D eigenvalue weighted by atomic mass is 9.99. The van der Waals surface area contributed by atoms with Crippen molar-refractivity contribution in [2.45, 2.75) is 38.8 Å². The lowest BCUT2D eigenvalue weighted by Gasteiger charge is -2.30. The lowest BCUT2D eigenvalue weighted by Crippen LogP contribution is -2.39. The highest BCUT2D eigenvalue weighted by molar-refractivity contribution is 7.99. The Morgan fingerprint density at radius 2 is 1.83 bits per heavy atom. The van der Waals surface area contributed by atoms with Gasteiger partial charge in [-0.3, -0.25) is 14.2 Å². The van der Waals surface area contributed by atoms with Crippen LogP contribution in [0.15, 0.2) is 52.4 Å². The van der Waals surface area contributed by atoms with Crippen LogP contribution in [0.2, 0.25) is 0 Å². The van der Waals surface area contributed by atoms with Gasteiger partial charge in [0.2, 0.25) is 5.91 Å². The highest BCUT2D eigenvalue weighted by atomic mass is 32.2. The van der Waals surface area contributed by atoms with Gasteiger partial charge in [-0.15, -0.1) is 0 Å². The minimum atomic E-state index is -0.106. The standard InChI is InChI=1S/C24H27N3O2S/c1-16-10-12-26(13-11-16)22(28)15-30-24-25-21-7-5-4-6-20(21)23(29)27(24)19-9-8-17(2)18(3)14-19/h4-9,14,16H,10-13,15H2,1-3H3. The zero-order valence-corrected chi connectivity index (χ0v) is 18.5. The number of thioether (sulfide) groups is 1. The number of hydrogen-bond acceptors (Lipinski definition) is 4. The fraction of sp³-hybridized carbons (Fsp3) is 0.375. The number of benzene rings is 2. The monoisotopic (exact) mass is 421 g/mol. The van der Waals surface area contributed by atoms with Gasteiger partial charge in [0.1, 0.15) is 0 Å². The molecular formula is C24H27N3O2S. The van der Waals surface area contributed by atoms with E-state index in [0.717, 1.165) is 37.2 Å². The molecule has 4 rings (SSSR count). The number of rotatable bonds is 4. The average Bonchev–Trinajstić information content (AvgIpc) is 2.75. The Kier molecular flexibility index (Phi) is 5.95. The van der Waals surface area contributed by atoms with Crippen LogP contribution in [-0.4, -0.2) is 39.2 Å². The molecule has 0 bridgehead atoms. The SMILES string of the molecule is Cc1ccc(-n2c(SCC(=O)N3CCC(C)CC3)nc3ccccc3c2=O)cc1C. The van der Waals surface area contributed by atoms with E-state index in [9.17, 15) is 9.59 Å². The Morgan fingerprint density at radius 3 is 2.57 bits per heavy atom. The molecule has 1 aliphatic heterocycles. The van der Waals surface area contributed by atoms with Crippen molar-refractivity contribution in [2.24, 2.45) is 5.92 Å².